The van der Waals surface area contributed by atoms with Crippen molar-refractivity contribution in [3.05, 3.63) is 39.4 Å². The van der Waals surface area contributed by atoms with E-state index in [1.807, 2.05) is 0 Å². The van der Waals surface area contributed by atoms with E-state index in [1.165, 1.54) is 44.2 Å². The van der Waals surface area contributed by atoms with Crippen LogP contribution in [0.2, 0.25) is 0 Å². The van der Waals surface area contributed by atoms with Gasteiger partial charge in [-0.3, -0.25) is 10.1 Å². The van der Waals surface area contributed by atoms with Crippen LogP contribution in [0.3, 0.4) is 0 Å². The Labute approximate surface area is 123 Å². The first-order valence-electron chi connectivity index (χ1n) is 7.30. The maximum atomic E-state index is 11.3. The minimum absolute atomic E-state index is 0.210. The number of carboxylic acids is 1. The van der Waals surface area contributed by atoms with Crippen LogP contribution in [0.25, 0.3) is 0 Å². The Kier molecular flexibility index (Phi) is 5.27. The van der Waals surface area contributed by atoms with Crippen molar-refractivity contribution in [1.29, 1.82) is 0 Å². The summed E-state index contributed by atoms with van der Waals surface area (Å²) in [7, 11) is 0. The van der Waals surface area contributed by atoms with E-state index in [0.717, 1.165) is 6.54 Å². The highest BCUT2D eigenvalue weighted by atomic mass is 16.6. The first kappa shape index (κ1) is 15.4. The van der Waals surface area contributed by atoms with Crippen LogP contribution in [0.1, 0.15) is 48.0 Å². The van der Waals surface area contributed by atoms with Crippen LogP contribution in [-0.4, -0.2) is 22.5 Å². The fraction of sp³-hybridized carbons (Fsp3) is 0.533. The molecule has 0 unspecified atom stereocenters. The summed E-state index contributed by atoms with van der Waals surface area (Å²) >= 11 is 0. The van der Waals surface area contributed by atoms with E-state index in [0.29, 0.717) is 18.0 Å². The minimum Gasteiger partial charge on any atom is -0.477 e. The van der Waals surface area contributed by atoms with Crippen LogP contribution in [0.4, 0.5) is 5.69 Å². The summed E-state index contributed by atoms with van der Waals surface area (Å²) in [4.78, 5) is 21.6. The molecule has 6 nitrogen and oxygen atoms in total. The number of nitrogens with one attached hydrogen (secondary N) is 1. The van der Waals surface area contributed by atoms with E-state index in [-0.39, 0.29) is 11.3 Å². The molecule has 0 heterocycles. The van der Waals surface area contributed by atoms with Crippen molar-refractivity contribution in [2.75, 3.05) is 6.54 Å². The summed E-state index contributed by atoms with van der Waals surface area (Å²) in [5.41, 5.74) is -0.0920. The van der Waals surface area contributed by atoms with E-state index in [1.54, 1.807) is 6.07 Å². The molecule has 0 amide bonds. The molecule has 1 aliphatic carbocycles. The maximum Gasteiger partial charge on any atom is 0.343 e. The van der Waals surface area contributed by atoms with Crippen molar-refractivity contribution in [3.63, 3.8) is 0 Å². The maximum absolute atomic E-state index is 11.3. The number of aromatic carboxylic acids is 1. The molecule has 21 heavy (non-hydrogen) atoms. The van der Waals surface area contributed by atoms with Gasteiger partial charge in [0.2, 0.25) is 0 Å². The number of benzene rings is 1. The van der Waals surface area contributed by atoms with E-state index in [4.69, 9.17) is 0 Å². The molecule has 2 N–H and O–H groups in total. The molecule has 0 saturated heterocycles. The van der Waals surface area contributed by atoms with Gasteiger partial charge in [0, 0.05) is 12.6 Å². The van der Waals surface area contributed by atoms with E-state index < -0.39 is 10.9 Å². The quantitative estimate of drug-likeness (QED) is 0.621. The molecular formula is C15H20N2O4. The highest BCUT2D eigenvalue weighted by molar-refractivity contribution is 5.94. The molecule has 0 radical (unpaired) electrons. The molecule has 0 aliphatic heterocycles. The van der Waals surface area contributed by atoms with Gasteiger partial charge in [-0.15, -0.1) is 0 Å². The molecule has 2 rings (SSSR count). The van der Waals surface area contributed by atoms with Gasteiger partial charge in [0.25, 0.3) is 5.69 Å². The van der Waals surface area contributed by atoms with Crippen LogP contribution in [0, 0.1) is 16.0 Å². The molecule has 1 aromatic rings. The van der Waals surface area contributed by atoms with Gasteiger partial charge < -0.3 is 10.4 Å². The summed E-state index contributed by atoms with van der Waals surface area (Å²) in [6.07, 6.45) is 6.21. The minimum atomic E-state index is -1.25. The zero-order valence-corrected chi connectivity index (χ0v) is 11.9. The summed E-state index contributed by atoms with van der Waals surface area (Å²) in [5, 5.41) is 23.4. The van der Waals surface area contributed by atoms with E-state index >= 15 is 0 Å². The number of nitrogens with zero attached hydrogens (tertiary/aromatic N) is 1. The molecule has 1 aromatic carbocycles. The number of hydrogen-bond donors (Lipinski definition) is 2. The predicted octanol–water partition coefficient (Wildman–Crippen LogP) is 2.96. The largest absolute Gasteiger partial charge is 0.477 e. The van der Waals surface area contributed by atoms with E-state index in [2.05, 4.69) is 5.32 Å². The van der Waals surface area contributed by atoms with Crippen LogP contribution < -0.4 is 5.32 Å². The molecular weight excluding hydrogens is 272 g/mol. The monoisotopic (exact) mass is 292 g/mol. The average Bonchev–Trinajstić information content (AvgIpc) is 2.47. The molecule has 1 saturated carbocycles. The normalized spacial score (nSPS) is 15.8. The molecule has 6 heteroatoms. The van der Waals surface area contributed by atoms with Crippen LogP contribution in [-0.2, 0) is 6.54 Å². The Balaban J connectivity index is 2.03. The third-order valence-electron chi connectivity index (χ3n) is 4.01. The second-order valence-electron chi connectivity index (χ2n) is 5.51. The van der Waals surface area contributed by atoms with Crippen LogP contribution in [0.5, 0.6) is 0 Å². The van der Waals surface area contributed by atoms with Gasteiger partial charge in [0.1, 0.15) is 5.56 Å². The summed E-state index contributed by atoms with van der Waals surface area (Å²) < 4.78 is 0. The lowest BCUT2D eigenvalue weighted by atomic mass is 9.89. The third-order valence-corrected chi connectivity index (χ3v) is 4.01. The number of nitro groups is 1. The summed E-state index contributed by atoms with van der Waals surface area (Å²) in [5.74, 6) is -0.623. The van der Waals surface area contributed by atoms with Gasteiger partial charge in [-0.25, -0.2) is 4.79 Å². The number of carbonyl (C=O) groups is 1. The predicted molar refractivity (Wildman–Crippen MR) is 78.3 cm³/mol. The zero-order valence-electron chi connectivity index (χ0n) is 11.9. The van der Waals surface area contributed by atoms with Gasteiger partial charge >= 0.3 is 5.97 Å². The fourth-order valence-electron chi connectivity index (χ4n) is 2.94. The lowest BCUT2D eigenvalue weighted by molar-refractivity contribution is -0.385. The second kappa shape index (κ2) is 7.17. The zero-order chi connectivity index (χ0) is 15.2. The van der Waals surface area contributed by atoms with Crippen molar-refractivity contribution in [2.45, 2.75) is 38.6 Å². The Hall–Kier alpha value is -1.95. The van der Waals surface area contributed by atoms with Crippen molar-refractivity contribution < 1.29 is 14.8 Å². The van der Waals surface area contributed by atoms with Gasteiger partial charge in [-0.05, 0) is 30.9 Å². The smallest absolute Gasteiger partial charge is 0.343 e. The Morgan fingerprint density at radius 1 is 1.33 bits per heavy atom. The van der Waals surface area contributed by atoms with Crippen LogP contribution >= 0.6 is 0 Å². The van der Waals surface area contributed by atoms with Gasteiger partial charge in [0.05, 0.1) is 4.92 Å². The van der Waals surface area contributed by atoms with Crippen molar-refractivity contribution in [1.82, 2.24) is 5.32 Å². The van der Waals surface area contributed by atoms with Crippen LogP contribution in [0.15, 0.2) is 18.2 Å². The molecule has 1 aliphatic rings. The Morgan fingerprint density at radius 3 is 2.67 bits per heavy atom. The third kappa shape index (κ3) is 4.01. The van der Waals surface area contributed by atoms with Crippen molar-refractivity contribution in [2.24, 2.45) is 5.92 Å². The first-order chi connectivity index (χ1) is 10.1. The van der Waals surface area contributed by atoms with Gasteiger partial charge in [0.15, 0.2) is 0 Å². The second-order valence-corrected chi connectivity index (χ2v) is 5.51. The molecule has 0 aromatic heterocycles. The summed E-state index contributed by atoms with van der Waals surface area (Å²) in [6, 6.07) is 4.39. The Morgan fingerprint density at radius 2 is 2.05 bits per heavy atom. The SMILES string of the molecule is O=C(O)c1c(CNCC2CCCCC2)cccc1[N+](=O)[O-]. The fourth-order valence-corrected chi connectivity index (χ4v) is 2.94. The lowest BCUT2D eigenvalue weighted by Gasteiger charge is -2.22. The number of carboxylic acid groups (broad SMARTS) is 1. The standard InChI is InChI=1S/C15H20N2O4/c18-15(19)14-12(7-4-8-13(14)17(20)21)10-16-9-11-5-2-1-3-6-11/h4,7-8,11,16H,1-3,5-6,9-10H2,(H,18,19). The summed E-state index contributed by atoms with van der Waals surface area (Å²) in [6.45, 7) is 1.18. The number of nitro benzene ring substituents is 1. The first-order valence-corrected chi connectivity index (χ1v) is 7.30. The molecule has 0 spiro atoms. The lowest BCUT2D eigenvalue weighted by Crippen LogP contribution is -2.25. The van der Waals surface area contributed by atoms with E-state index in [9.17, 15) is 20.0 Å². The highest BCUT2D eigenvalue weighted by Crippen LogP contribution is 2.24. The number of rotatable bonds is 6. The Bertz CT molecular complexity index is 524. The highest BCUT2D eigenvalue weighted by Gasteiger charge is 2.23. The topological polar surface area (TPSA) is 92.5 Å². The molecule has 1 fully saturated rings. The molecule has 0 bridgehead atoms. The average molecular weight is 292 g/mol. The van der Waals surface area contributed by atoms with Crippen molar-refractivity contribution >= 4 is 11.7 Å². The van der Waals surface area contributed by atoms with Gasteiger partial charge in [-0.2, -0.15) is 0 Å². The molecule has 0 atom stereocenters. The molecule has 114 valence electrons. The number of hydrogen-bond acceptors (Lipinski definition) is 4. The van der Waals surface area contributed by atoms with Crippen molar-refractivity contribution in [3.8, 4) is 0 Å². The van der Waals surface area contributed by atoms with Gasteiger partial charge in [-0.1, -0.05) is 31.4 Å².